The maximum absolute atomic E-state index is 12.7. The first-order chi connectivity index (χ1) is 12.5. The Kier molecular flexibility index (Phi) is 7.88. The summed E-state index contributed by atoms with van der Waals surface area (Å²) in [6, 6.07) is 1.85. The summed E-state index contributed by atoms with van der Waals surface area (Å²) in [5.41, 5.74) is -2.49. The molecule has 0 bridgehead atoms. The smallest absolute Gasteiger partial charge is 0.409 e. The number of ether oxygens (including phenoxy) is 2. The van der Waals surface area contributed by atoms with Gasteiger partial charge >= 0.3 is 12.2 Å². The maximum atomic E-state index is 12.7. The summed E-state index contributed by atoms with van der Waals surface area (Å²) >= 11 is 0. The SMILES string of the molecule is CCCCOC(=O)N1CCN(C(=O)[C@](C)(C#N)NC(=O)OC(C)(C)C)CC1. The van der Waals surface area contributed by atoms with Gasteiger partial charge in [0, 0.05) is 26.2 Å². The molecule has 0 aliphatic carbocycles. The maximum Gasteiger partial charge on any atom is 0.409 e. The van der Waals surface area contributed by atoms with Gasteiger partial charge in [-0.25, -0.2) is 9.59 Å². The summed E-state index contributed by atoms with van der Waals surface area (Å²) < 4.78 is 10.3. The number of carbonyl (C=O) groups is 3. The van der Waals surface area contributed by atoms with Crippen LogP contribution in [0.25, 0.3) is 0 Å². The molecule has 0 radical (unpaired) electrons. The van der Waals surface area contributed by atoms with Crippen molar-refractivity contribution in [1.82, 2.24) is 15.1 Å². The largest absolute Gasteiger partial charge is 0.449 e. The van der Waals surface area contributed by atoms with Crippen LogP contribution in [0.2, 0.25) is 0 Å². The molecule has 1 rings (SSSR count). The molecule has 1 atom stereocenters. The number of nitrogens with zero attached hydrogens (tertiary/aromatic N) is 3. The highest BCUT2D eigenvalue weighted by molar-refractivity contribution is 5.92. The minimum absolute atomic E-state index is 0.259. The van der Waals surface area contributed by atoms with Gasteiger partial charge in [-0.3, -0.25) is 10.1 Å². The molecule has 152 valence electrons. The van der Waals surface area contributed by atoms with Crippen molar-refractivity contribution >= 4 is 18.1 Å². The number of hydrogen-bond acceptors (Lipinski definition) is 6. The Morgan fingerprint density at radius 3 is 2.11 bits per heavy atom. The fourth-order valence-corrected chi connectivity index (χ4v) is 2.44. The van der Waals surface area contributed by atoms with Crippen molar-refractivity contribution < 1.29 is 23.9 Å². The van der Waals surface area contributed by atoms with E-state index in [0.29, 0.717) is 19.7 Å². The average Bonchev–Trinajstić information content (AvgIpc) is 2.59. The molecule has 9 heteroatoms. The minimum Gasteiger partial charge on any atom is -0.449 e. The lowest BCUT2D eigenvalue weighted by molar-refractivity contribution is -0.137. The van der Waals surface area contributed by atoms with E-state index in [1.54, 1.807) is 20.8 Å². The zero-order valence-electron chi connectivity index (χ0n) is 16.8. The zero-order chi connectivity index (χ0) is 20.7. The van der Waals surface area contributed by atoms with Gasteiger partial charge in [-0.1, -0.05) is 13.3 Å². The highest BCUT2D eigenvalue weighted by atomic mass is 16.6. The molecular formula is C18H30N4O5. The lowest BCUT2D eigenvalue weighted by Gasteiger charge is -2.37. The first-order valence-electron chi connectivity index (χ1n) is 9.16. The Morgan fingerprint density at radius 2 is 1.63 bits per heavy atom. The number of rotatable bonds is 5. The van der Waals surface area contributed by atoms with Crippen molar-refractivity contribution in [2.75, 3.05) is 32.8 Å². The number of unbranched alkanes of at least 4 members (excludes halogenated alkanes) is 1. The summed E-state index contributed by atoms with van der Waals surface area (Å²) in [6.45, 7) is 9.94. The van der Waals surface area contributed by atoms with Gasteiger partial charge in [-0.2, -0.15) is 5.26 Å². The molecule has 0 unspecified atom stereocenters. The van der Waals surface area contributed by atoms with Gasteiger partial charge in [0.1, 0.15) is 11.7 Å². The van der Waals surface area contributed by atoms with E-state index in [1.165, 1.54) is 16.7 Å². The molecule has 1 aliphatic rings. The number of alkyl carbamates (subject to hydrolysis) is 1. The molecule has 3 amide bonds. The van der Waals surface area contributed by atoms with Gasteiger partial charge in [-0.15, -0.1) is 0 Å². The van der Waals surface area contributed by atoms with Crippen LogP contribution in [0, 0.1) is 11.3 Å². The zero-order valence-corrected chi connectivity index (χ0v) is 16.8. The summed E-state index contributed by atoms with van der Waals surface area (Å²) in [7, 11) is 0. The molecule has 1 heterocycles. The predicted molar refractivity (Wildman–Crippen MR) is 97.8 cm³/mol. The van der Waals surface area contributed by atoms with Crippen LogP contribution in [-0.4, -0.2) is 71.8 Å². The number of hydrogen-bond donors (Lipinski definition) is 1. The third-order valence-corrected chi connectivity index (χ3v) is 3.95. The van der Waals surface area contributed by atoms with Crippen LogP contribution in [0.5, 0.6) is 0 Å². The van der Waals surface area contributed by atoms with Crippen LogP contribution in [0.4, 0.5) is 9.59 Å². The topological polar surface area (TPSA) is 112 Å². The Balaban J connectivity index is 2.62. The molecule has 0 aromatic carbocycles. The fraction of sp³-hybridized carbons (Fsp3) is 0.778. The van der Waals surface area contributed by atoms with Crippen molar-refractivity contribution in [2.45, 2.75) is 58.6 Å². The van der Waals surface area contributed by atoms with Gasteiger partial charge in [0.25, 0.3) is 5.91 Å². The predicted octanol–water partition coefficient (Wildman–Crippen LogP) is 1.87. The number of amides is 3. The van der Waals surface area contributed by atoms with Crippen molar-refractivity contribution in [1.29, 1.82) is 5.26 Å². The highest BCUT2D eigenvalue weighted by Crippen LogP contribution is 2.14. The lowest BCUT2D eigenvalue weighted by Crippen LogP contribution is -2.61. The summed E-state index contributed by atoms with van der Waals surface area (Å²) in [5.74, 6) is -0.533. The fourth-order valence-electron chi connectivity index (χ4n) is 2.44. The Morgan fingerprint density at radius 1 is 1.07 bits per heavy atom. The quantitative estimate of drug-likeness (QED) is 0.727. The van der Waals surface area contributed by atoms with E-state index in [1.807, 2.05) is 13.0 Å². The number of carbonyl (C=O) groups excluding carboxylic acids is 3. The monoisotopic (exact) mass is 382 g/mol. The van der Waals surface area contributed by atoms with E-state index in [0.717, 1.165) is 12.8 Å². The van der Waals surface area contributed by atoms with E-state index >= 15 is 0 Å². The van der Waals surface area contributed by atoms with Crippen LogP contribution >= 0.6 is 0 Å². The van der Waals surface area contributed by atoms with Crippen LogP contribution in [0.3, 0.4) is 0 Å². The molecule has 1 N–H and O–H groups in total. The van der Waals surface area contributed by atoms with Crippen LogP contribution in [0.15, 0.2) is 0 Å². The van der Waals surface area contributed by atoms with E-state index in [4.69, 9.17) is 9.47 Å². The van der Waals surface area contributed by atoms with Crippen molar-refractivity contribution in [3.8, 4) is 6.07 Å². The van der Waals surface area contributed by atoms with E-state index in [2.05, 4.69) is 5.32 Å². The van der Waals surface area contributed by atoms with Crippen LogP contribution in [-0.2, 0) is 14.3 Å². The summed E-state index contributed by atoms with van der Waals surface area (Å²) in [4.78, 5) is 39.6. The van der Waals surface area contributed by atoms with Crippen molar-refractivity contribution in [2.24, 2.45) is 0 Å². The molecular weight excluding hydrogens is 352 g/mol. The highest BCUT2D eigenvalue weighted by Gasteiger charge is 2.41. The number of nitrogens with one attached hydrogen (secondary N) is 1. The third-order valence-electron chi connectivity index (χ3n) is 3.95. The second-order valence-electron chi connectivity index (χ2n) is 7.61. The molecule has 0 saturated carbocycles. The molecule has 1 saturated heterocycles. The second-order valence-corrected chi connectivity index (χ2v) is 7.61. The number of piperazine rings is 1. The number of nitriles is 1. The Hall–Kier alpha value is -2.50. The standard InChI is InChI=1S/C18H30N4O5/c1-6-7-12-26-16(25)22-10-8-21(9-11-22)14(23)18(5,13-19)20-15(24)27-17(2,3)4/h6-12H2,1-5H3,(H,20,24)/t18-/m0/s1. The molecule has 1 aliphatic heterocycles. The van der Waals surface area contributed by atoms with Gasteiger partial charge in [0.2, 0.25) is 5.54 Å². The summed E-state index contributed by atoms with van der Waals surface area (Å²) in [6.07, 6.45) is 0.511. The Bertz CT molecular complexity index is 588. The second kappa shape index (κ2) is 9.44. The van der Waals surface area contributed by atoms with Gasteiger partial charge < -0.3 is 19.3 Å². The van der Waals surface area contributed by atoms with E-state index < -0.39 is 29.2 Å². The van der Waals surface area contributed by atoms with E-state index in [-0.39, 0.29) is 13.1 Å². The lowest BCUT2D eigenvalue weighted by atomic mass is 10.0. The molecule has 9 nitrogen and oxygen atoms in total. The minimum atomic E-state index is -1.74. The normalized spacial score (nSPS) is 16.7. The third kappa shape index (κ3) is 6.96. The Labute approximate surface area is 160 Å². The molecule has 27 heavy (non-hydrogen) atoms. The van der Waals surface area contributed by atoms with Crippen LogP contribution < -0.4 is 5.32 Å². The first kappa shape index (κ1) is 22.5. The van der Waals surface area contributed by atoms with Gasteiger partial charge in [0.05, 0.1) is 6.61 Å². The molecule has 0 spiro atoms. The van der Waals surface area contributed by atoms with Crippen molar-refractivity contribution in [3.05, 3.63) is 0 Å². The van der Waals surface area contributed by atoms with E-state index in [9.17, 15) is 19.6 Å². The first-order valence-corrected chi connectivity index (χ1v) is 9.16. The van der Waals surface area contributed by atoms with Crippen molar-refractivity contribution in [3.63, 3.8) is 0 Å². The van der Waals surface area contributed by atoms with Crippen LogP contribution in [0.1, 0.15) is 47.5 Å². The van der Waals surface area contributed by atoms with Gasteiger partial charge in [0.15, 0.2) is 0 Å². The summed E-state index contributed by atoms with van der Waals surface area (Å²) in [5, 5.41) is 11.8. The molecule has 0 aromatic heterocycles. The average molecular weight is 382 g/mol. The van der Waals surface area contributed by atoms with Gasteiger partial charge in [-0.05, 0) is 34.1 Å². The molecule has 0 aromatic rings. The molecule has 1 fully saturated rings.